The Morgan fingerprint density at radius 1 is 1.20 bits per heavy atom. The van der Waals surface area contributed by atoms with Crippen molar-refractivity contribution in [2.24, 2.45) is 0 Å². The van der Waals surface area contributed by atoms with Crippen LogP contribution in [0.1, 0.15) is 53.4 Å². The van der Waals surface area contributed by atoms with E-state index >= 15 is 0 Å². The molecule has 0 spiro atoms. The Labute approximate surface area is 95.4 Å². The first-order valence-electron chi connectivity index (χ1n) is 6.68. The van der Waals surface area contributed by atoms with Gasteiger partial charge >= 0.3 is 0 Å². The number of nitrogens with one attached hydrogen (secondary N) is 1. The van der Waals surface area contributed by atoms with Crippen LogP contribution in [0, 0.1) is 0 Å². The molecule has 0 aromatic carbocycles. The highest BCUT2D eigenvalue weighted by Gasteiger charge is 2.28. The molecule has 0 aromatic heterocycles. The van der Waals surface area contributed by atoms with Gasteiger partial charge in [-0.25, -0.2) is 0 Å². The Bertz CT molecular complexity index is 168. The molecule has 0 saturated carbocycles. The third kappa shape index (κ3) is 3.76. The molecule has 0 radical (unpaired) electrons. The summed E-state index contributed by atoms with van der Waals surface area (Å²) in [5.74, 6) is 0. The number of hydrogen-bond donors (Lipinski definition) is 1. The van der Waals surface area contributed by atoms with Crippen LogP contribution in [0.25, 0.3) is 0 Å². The normalized spacial score (nSPS) is 28.6. The maximum atomic E-state index is 3.70. The molecule has 1 saturated heterocycles. The maximum Gasteiger partial charge on any atom is 0.0224 e. The van der Waals surface area contributed by atoms with Crippen molar-refractivity contribution in [3.63, 3.8) is 0 Å². The van der Waals surface area contributed by atoms with Gasteiger partial charge in [0.05, 0.1) is 0 Å². The lowest BCUT2D eigenvalue weighted by atomic mass is 10.0. The van der Waals surface area contributed by atoms with Crippen LogP contribution in [0.5, 0.6) is 0 Å². The van der Waals surface area contributed by atoms with Gasteiger partial charge in [0.25, 0.3) is 0 Å². The van der Waals surface area contributed by atoms with Crippen molar-refractivity contribution in [2.75, 3.05) is 13.1 Å². The summed E-state index contributed by atoms with van der Waals surface area (Å²) in [6.45, 7) is 11.7. The van der Waals surface area contributed by atoms with Gasteiger partial charge in [-0.2, -0.15) is 0 Å². The number of nitrogens with zero attached hydrogens (tertiary/aromatic N) is 1. The highest BCUT2D eigenvalue weighted by atomic mass is 15.2. The van der Waals surface area contributed by atoms with Gasteiger partial charge in [0, 0.05) is 31.2 Å². The van der Waals surface area contributed by atoms with Crippen LogP contribution in [0.2, 0.25) is 0 Å². The Morgan fingerprint density at radius 3 is 2.40 bits per heavy atom. The molecular formula is C13H28N2. The summed E-state index contributed by atoms with van der Waals surface area (Å²) in [6.07, 6.45) is 5.25. The van der Waals surface area contributed by atoms with E-state index in [1.807, 2.05) is 0 Å². The standard InChI is InChI=1S/C13H28N2/c1-5-7-12-10-15(11(3)4)13(8-6-2)9-14-12/h11-14H,5-10H2,1-4H3. The molecule has 1 N–H and O–H groups in total. The topological polar surface area (TPSA) is 15.3 Å². The highest BCUT2D eigenvalue weighted by molar-refractivity contribution is 4.87. The molecule has 0 aliphatic carbocycles. The third-order valence-corrected chi connectivity index (χ3v) is 3.46. The minimum absolute atomic E-state index is 0.697. The van der Waals surface area contributed by atoms with Gasteiger partial charge in [-0.3, -0.25) is 4.90 Å². The average Bonchev–Trinajstić information content (AvgIpc) is 2.21. The average molecular weight is 212 g/mol. The number of hydrogen-bond acceptors (Lipinski definition) is 2. The predicted octanol–water partition coefficient (Wildman–Crippen LogP) is 2.64. The molecular weight excluding hydrogens is 184 g/mol. The van der Waals surface area contributed by atoms with Gasteiger partial charge < -0.3 is 5.32 Å². The van der Waals surface area contributed by atoms with Gasteiger partial charge in [-0.1, -0.05) is 26.7 Å². The predicted molar refractivity (Wildman–Crippen MR) is 67.2 cm³/mol. The van der Waals surface area contributed by atoms with Crippen molar-refractivity contribution in [3.05, 3.63) is 0 Å². The zero-order valence-electron chi connectivity index (χ0n) is 10.9. The van der Waals surface area contributed by atoms with E-state index in [9.17, 15) is 0 Å². The van der Waals surface area contributed by atoms with E-state index in [0.29, 0.717) is 6.04 Å². The molecule has 2 nitrogen and oxygen atoms in total. The zero-order valence-corrected chi connectivity index (χ0v) is 10.9. The quantitative estimate of drug-likeness (QED) is 0.753. The molecule has 90 valence electrons. The van der Waals surface area contributed by atoms with Gasteiger partial charge in [-0.05, 0) is 26.7 Å². The Kier molecular flexibility index (Phi) is 5.62. The van der Waals surface area contributed by atoms with E-state index in [4.69, 9.17) is 0 Å². The molecule has 1 heterocycles. The first-order valence-corrected chi connectivity index (χ1v) is 6.68. The Hall–Kier alpha value is -0.0800. The van der Waals surface area contributed by atoms with E-state index in [1.54, 1.807) is 0 Å². The summed E-state index contributed by atoms with van der Waals surface area (Å²) in [7, 11) is 0. The van der Waals surface area contributed by atoms with E-state index < -0.39 is 0 Å². The minimum Gasteiger partial charge on any atom is -0.311 e. The molecule has 0 amide bonds. The summed E-state index contributed by atoms with van der Waals surface area (Å²) in [5, 5.41) is 3.70. The van der Waals surface area contributed by atoms with Crippen LogP contribution in [-0.4, -0.2) is 36.1 Å². The number of piperazine rings is 1. The third-order valence-electron chi connectivity index (χ3n) is 3.46. The van der Waals surface area contributed by atoms with E-state index in [2.05, 4.69) is 37.9 Å². The fourth-order valence-corrected chi connectivity index (χ4v) is 2.66. The van der Waals surface area contributed by atoms with Gasteiger partial charge in [-0.15, -0.1) is 0 Å². The van der Waals surface area contributed by atoms with Crippen LogP contribution in [0.4, 0.5) is 0 Å². The van der Waals surface area contributed by atoms with Gasteiger partial charge in [0.2, 0.25) is 0 Å². The lowest BCUT2D eigenvalue weighted by Gasteiger charge is -2.43. The van der Waals surface area contributed by atoms with Crippen molar-refractivity contribution < 1.29 is 0 Å². The van der Waals surface area contributed by atoms with Crippen molar-refractivity contribution in [2.45, 2.75) is 71.5 Å². The molecule has 0 aromatic rings. The first-order chi connectivity index (χ1) is 7.19. The highest BCUT2D eigenvalue weighted by Crippen LogP contribution is 2.17. The maximum absolute atomic E-state index is 3.70. The fourth-order valence-electron chi connectivity index (χ4n) is 2.66. The fraction of sp³-hybridized carbons (Fsp3) is 1.00. The molecule has 0 bridgehead atoms. The Morgan fingerprint density at radius 2 is 1.87 bits per heavy atom. The monoisotopic (exact) mass is 212 g/mol. The molecule has 2 unspecified atom stereocenters. The van der Waals surface area contributed by atoms with Crippen molar-refractivity contribution in [1.29, 1.82) is 0 Å². The molecule has 2 heteroatoms. The van der Waals surface area contributed by atoms with Crippen LogP contribution in [-0.2, 0) is 0 Å². The van der Waals surface area contributed by atoms with Crippen LogP contribution in [0.3, 0.4) is 0 Å². The molecule has 2 atom stereocenters. The molecule has 15 heavy (non-hydrogen) atoms. The summed E-state index contributed by atoms with van der Waals surface area (Å²) in [4.78, 5) is 2.69. The smallest absolute Gasteiger partial charge is 0.0224 e. The summed E-state index contributed by atoms with van der Waals surface area (Å²) < 4.78 is 0. The second-order valence-electron chi connectivity index (χ2n) is 5.13. The Balaban J connectivity index is 2.49. The van der Waals surface area contributed by atoms with E-state index in [1.165, 1.54) is 38.8 Å². The largest absolute Gasteiger partial charge is 0.311 e. The van der Waals surface area contributed by atoms with Gasteiger partial charge in [0.15, 0.2) is 0 Å². The van der Waals surface area contributed by atoms with Crippen LogP contribution in [0.15, 0.2) is 0 Å². The molecule has 1 aliphatic rings. The van der Waals surface area contributed by atoms with Crippen molar-refractivity contribution in [3.8, 4) is 0 Å². The molecule has 1 rings (SSSR count). The summed E-state index contributed by atoms with van der Waals surface area (Å²) in [5.41, 5.74) is 0. The number of rotatable bonds is 5. The lowest BCUT2D eigenvalue weighted by Crippen LogP contribution is -2.58. The summed E-state index contributed by atoms with van der Waals surface area (Å²) >= 11 is 0. The van der Waals surface area contributed by atoms with Crippen LogP contribution >= 0.6 is 0 Å². The van der Waals surface area contributed by atoms with Crippen molar-refractivity contribution >= 4 is 0 Å². The van der Waals surface area contributed by atoms with E-state index in [0.717, 1.165) is 12.1 Å². The van der Waals surface area contributed by atoms with Crippen molar-refractivity contribution in [1.82, 2.24) is 10.2 Å². The van der Waals surface area contributed by atoms with Gasteiger partial charge in [0.1, 0.15) is 0 Å². The minimum atomic E-state index is 0.697. The SMILES string of the molecule is CCCC1CN(C(C)C)C(CCC)CN1. The zero-order chi connectivity index (χ0) is 11.3. The lowest BCUT2D eigenvalue weighted by molar-refractivity contribution is 0.0880. The summed E-state index contributed by atoms with van der Waals surface area (Å²) in [6, 6.07) is 2.19. The van der Waals surface area contributed by atoms with E-state index in [-0.39, 0.29) is 0 Å². The van der Waals surface area contributed by atoms with Crippen LogP contribution < -0.4 is 5.32 Å². The second kappa shape index (κ2) is 6.49. The second-order valence-corrected chi connectivity index (χ2v) is 5.13. The molecule has 1 fully saturated rings. The molecule has 1 aliphatic heterocycles. The first kappa shape index (κ1) is 13.0.